The van der Waals surface area contributed by atoms with Gasteiger partial charge in [0.2, 0.25) is 5.17 Å². The third-order valence-electron chi connectivity index (χ3n) is 5.53. The molecule has 0 aliphatic carbocycles. The summed E-state index contributed by atoms with van der Waals surface area (Å²) in [6, 6.07) is 18.2. The van der Waals surface area contributed by atoms with E-state index in [9.17, 15) is 9.18 Å². The maximum absolute atomic E-state index is 13.8. The van der Waals surface area contributed by atoms with E-state index in [0.717, 1.165) is 27.6 Å². The average molecular weight is 458 g/mol. The SMILES string of the molecule is Cc1cc(/C=C2\C(=N)N3N=C(Cc4ccccc4)SC3=NC2=O)c(C)n1-c1cccc(F)c1. The molecular formula is C25H20FN5OS. The third-order valence-corrected chi connectivity index (χ3v) is 6.44. The fourth-order valence-electron chi connectivity index (χ4n) is 3.98. The molecule has 1 amide bonds. The lowest BCUT2D eigenvalue weighted by atomic mass is 10.1. The van der Waals surface area contributed by atoms with Gasteiger partial charge in [0.15, 0.2) is 5.84 Å². The highest BCUT2D eigenvalue weighted by Gasteiger charge is 2.35. The highest BCUT2D eigenvalue weighted by molar-refractivity contribution is 8.26. The number of hydrogen-bond acceptors (Lipinski definition) is 4. The zero-order chi connectivity index (χ0) is 23.1. The van der Waals surface area contributed by atoms with Crippen LogP contribution in [0.15, 0.2) is 76.3 Å². The van der Waals surface area contributed by atoms with E-state index >= 15 is 0 Å². The van der Waals surface area contributed by atoms with Gasteiger partial charge in [-0.3, -0.25) is 10.2 Å². The number of aromatic nitrogens is 1. The summed E-state index contributed by atoms with van der Waals surface area (Å²) in [6.45, 7) is 3.82. The highest BCUT2D eigenvalue weighted by atomic mass is 32.2. The average Bonchev–Trinajstić information content (AvgIpc) is 3.31. The van der Waals surface area contributed by atoms with Crippen molar-refractivity contribution in [3.8, 4) is 5.69 Å². The third kappa shape index (κ3) is 3.93. The van der Waals surface area contributed by atoms with E-state index in [4.69, 9.17) is 5.41 Å². The first kappa shape index (κ1) is 21.1. The number of benzene rings is 2. The Morgan fingerprint density at radius 1 is 1.09 bits per heavy atom. The standard InChI is InChI=1S/C25H20FN5OS/c1-15-11-18(16(2)30(15)20-10-6-9-19(26)14-20)13-21-23(27)31-25(28-24(21)32)33-22(29-31)12-17-7-4-3-5-8-17/h3-11,13-14,27H,12H2,1-2H3/b21-13+,27-23?. The Bertz CT molecular complexity index is 1390. The van der Waals surface area contributed by atoms with Crippen LogP contribution < -0.4 is 0 Å². The summed E-state index contributed by atoms with van der Waals surface area (Å²) in [6.07, 6.45) is 2.27. The van der Waals surface area contributed by atoms with Gasteiger partial charge in [-0.15, -0.1) is 0 Å². The first-order valence-corrected chi connectivity index (χ1v) is 11.2. The molecule has 1 aromatic heterocycles. The van der Waals surface area contributed by atoms with Crippen LogP contribution in [0.1, 0.15) is 22.5 Å². The molecule has 0 radical (unpaired) electrons. The minimum Gasteiger partial charge on any atom is -0.318 e. The molecule has 2 aromatic carbocycles. The lowest BCUT2D eigenvalue weighted by Gasteiger charge is -2.20. The number of aliphatic imine (C=N–C) groups is 1. The molecule has 0 spiro atoms. The van der Waals surface area contributed by atoms with Crippen molar-refractivity contribution in [3.05, 3.63) is 94.6 Å². The highest BCUT2D eigenvalue weighted by Crippen LogP contribution is 2.31. The predicted octanol–water partition coefficient (Wildman–Crippen LogP) is 5.10. The van der Waals surface area contributed by atoms with Crippen LogP contribution >= 0.6 is 11.8 Å². The molecule has 33 heavy (non-hydrogen) atoms. The van der Waals surface area contributed by atoms with Gasteiger partial charge in [0.25, 0.3) is 5.91 Å². The molecule has 3 aromatic rings. The molecule has 0 saturated heterocycles. The van der Waals surface area contributed by atoms with Crippen molar-refractivity contribution in [2.45, 2.75) is 20.3 Å². The Morgan fingerprint density at radius 3 is 2.64 bits per heavy atom. The molecule has 6 nitrogen and oxygen atoms in total. The zero-order valence-corrected chi connectivity index (χ0v) is 18.9. The van der Waals surface area contributed by atoms with Crippen LogP contribution in [0.3, 0.4) is 0 Å². The molecule has 5 rings (SSSR count). The number of thioether (sulfide) groups is 1. The van der Waals surface area contributed by atoms with Gasteiger partial charge in [-0.25, -0.2) is 4.39 Å². The fraction of sp³-hybridized carbons (Fsp3) is 0.120. The lowest BCUT2D eigenvalue weighted by molar-refractivity contribution is -0.114. The van der Waals surface area contributed by atoms with Gasteiger partial charge in [0.1, 0.15) is 10.9 Å². The number of fused-ring (bicyclic) bond motifs is 1. The van der Waals surface area contributed by atoms with Crippen LogP contribution in [-0.4, -0.2) is 31.5 Å². The molecule has 0 bridgehead atoms. The number of nitrogens with zero attached hydrogens (tertiary/aromatic N) is 4. The van der Waals surface area contributed by atoms with Crippen molar-refractivity contribution in [1.82, 2.24) is 9.58 Å². The Morgan fingerprint density at radius 2 is 1.88 bits per heavy atom. The van der Waals surface area contributed by atoms with E-state index < -0.39 is 5.91 Å². The minimum absolute atomic E-state index is 0.00359. The summed E-state index contributed by atoms with van der Waals surface area (Å²) < 4.78 is 15.7. The molecule has 3 heterocycles. The monoisotopic (exact) mass is 457 g/mol. The topological polar surface area (TPSA) is 73.8 Å². The number of carbonyl (C=O) groups is 1. The number of carbonyl (C=O) groups excluding carboxylic acids is 1. The first-order valence-electron chi connectivity index (χ1n) is 10.4. The van der Waals surface area contributed by atoms with Crippen LogP contribution in [0.5, 0.6) is 0 Å². The molecule has 0 saturated carbocycles. The van der Waals surface area contributed by atoms with Gasteiger partial charge in [-0.1, -0.05) is 36.4 Å². The van der Waals surface area contributed by atoms with Gasteiger partial charge >= 0.3 is 0 Å². The smallest absolute Gasteiger partial charge is 0.283 e. The van der Waals surface area contributed by atoms with Crippen molar-refractivity contribution in [2.75, 3.05) is 0 Å². The summed E-state index contributed by atoms with van der Waals surface area (Å²) in [5.74, 6) is -0.789. The van der Waals surface area contributed by atoms with Crippen LogP contribution in [0, 0.1) is 25.1 Å². The second-order valence-corrected chi connectivity index (χ2v) is 8.86. The molecule has 0 atom stereocenters. The van der Waals surface area contributed by atoms with E-state index in [2.05, 4.69) is 10.1 Å². The van der Waals surface area contributed by atoms with E-state index in [-0.39, 0.29) is 17.2 Å². The maximum Gasteiger partial charge on any atom is 0.283 e. The molecule has 164 valence electrons. The van der Waals surface area contributed by atoms with Crippen molar-refractivity contribution < 1.29 is 9.18 Å². The van der Waals surface area contributed by atoms with Crippen LogP contribution in [0.4, 0.5) is 4.39 Å². The van der Waals surface area contributed by atoms with E-state index in [1.807, 2.05) is 60.9 Å². The molecular weight excluding hydrogens is 437 g/mol. The second-order valence-electron chi connectivity index (χ2n) is 7.82. The number of halogens is 1. The summed E-state index contributed by atoms with van der Waals surface area (Å²) in [5.41, 5.74) is 4.47. The summed E-state index contributed by atoms with van der Waals surface area (Å²) in [5, 5.41) is 15.8. The van der Waals surface area contributed by atoms with Crippen LogP contribution in [-0.2, 0) is 11.2 Å². The first-order chi connectivity index (χ1) is 15.9. The minimum atomic E-state index is -0.467. The molecule has 2 aliphatic rings. The Kier molecular flexibility index (Phi) is 5.30. The van der Waals surface area contributed by atoms with Crippen molar-refractivity contribution in [1.29, 1.82) is 5.41 Å². The van der Waals surface area contributed by atoms with E-state index in [1.165, 1.54) is 28.9 Å². The predicted molar refractivity (Wildman–Crippen MR) is 130 cm³/mol. The number of amidine groups is 2. The van der Waals surface area contributed by atoms with E-state index in [1.54, 1.807) is 12.1 Å². The lowest BCUT2D eigenvalue weighted by Crippen LogP contribution is -2.35. The molecule has 1 N–H and O–H groups in total. The Hall–Kier alpha value is -3.78. The molecule has 8 heteroatoms. The van der Waals surface area contributed by atoms with Gasteiger partial charge < -0.3 is 4.57 Å². The quantitative estimate of drug-likeness (QED) is 0.554. The Labute approximate surface area is 194 Å². The molecule has 0 unspecified atom stereocenters. The second kappa shape index (κ2) is 8.29. The van der Waals surface area contributed by atoms with Gasteiger partial charge in [-0.05, 0) is 67.1 Å². The van der Waals surface area contributed by atoms with Gasteiger partial charge in [0.05, 0.1) is 5.57 Å². The number of hydrazone groups is 1. The van der Waals surface area contributed by atoms with Gasteiger partial charge in [0, 0.05) is 23.5 Å². The van der Waals surface area contributed by atoms with Crippen LogP contribution in [0.25, 0.3) is 11.8 Å². The number of nitrogens with one attached hydrogen (secondary N) is 1. The summed E-state index contributed by atoms with van der Waals surface area (Å²) >= 11 is 1.31. The molecule has 0 fully saturated rings. The number of aryl methyl sites for hydroxylation is 1. The van der Waals surface area contributed by atoms with Crippen molar-refractivity contribution in [2.24, 2.45) is 10.1 Å². The Balaban J connectivity index is 1.47. The van der Waals surface area contributed by atoms with Crippen molar-refractivity contribution >= 4 is 39.8 Å². The van der Waals surface area contributed by atoms with Crippen LogP contribution in [0.2, 0.25) is 0 Å². The normalized spacial score (nSPS) is 16.8. The largest absolute Gasteiger partial charge is 0.318 e. The van der Waals surface area contributed by atoms with Crippen molar-refractivity contribution in [3.63, 3.8) is 0 Å². The number of rotatable bonds is 4. The summed E-state index contributed by atoms with van der Waals surface area (Å²) in [4.78, 5) is 17.0. The van der Waals surface area contributed by atoms with E-state index in [0.29, 0.717) is 17.3 Å². The zero-order valence-electron chi connectivity index (χ0n) is 18.0. The number of amides is 1. The van der Waals surface area contributed by atoms with Gasteiger partial charge in [-0.2, -0.15) is 15.1 Å². The summed E-state index contributed by atoms with van der Waals surface area (Å²) in [7, 11) is 0. The fourth-order valence-corrected chi connectivity index (χ4v) is 4.89. The molecule has 2 aliphatic heterocycles. The number of hydrogen-bond donors (Lipinski definition) is 1. The maximum atomic E-state index is 13.8.